The Kier molecular flexibility index (Phi) is 4.88. The van der Waals surface area contributed by atoms with Crippen LogP contribution in [0.4, 0.5) is 20.6 Å². The average Bonchev–Trinajstić information content (AvgIpc) is 2.27. The third kappa shape index (κ3) is 4.34. The number of hydrogen-bond donors (Lipinski definition) is 2. The molecule has 110 valence electrons. The summed E-state index contributed by atoms with van der Waals surface area (Å²) < 4.78 is 18.5. The zero-order valence-corrected chi connectivity index (χ0v) is 12.6. The van der Waals surface area contributed by atoms with E-state index >= 15 is 0 Å². The third-order valence-corrected chi connectivity index (χ3v) is 2.56. The third-order valence-electron chi connectivity index (χ3n) is 1.95. The molecule has 1 amide bonds. The van der Waals surface area contributed by atoms with Crippen molar-refractivity contribution in [3.05, 3.63) is 32.5 Å². The highest BCUT2D eigenvalue weighted by Gasteiger charge is 2.24. The normalized spacial score (nSPS) is 10.8. The van der Waals surface area contributed by atoms with Gasteiger partial charge in [0.2, 0.25) is 5.82 Å². The molecule has 0 atom stereocenters. The first-order valence-electron chi connectivity index (χ1n) is 5.49. The lowest BCUT2D eigenvalue weighted by Crippen LogP contribution is -2.36. The molecule has 9 heteroatoms. The average molecular weight is 350 g/mol. The molecule has 1 aromatic rings. The summed E-state index contributed by atoms with van der Waals surface area (Å²) in [6.45, 7) is 4.98. The summed E-state index contributed by atoms with van der Waals surface area (Å²) in [5.74, 6) is -1.04. The molecule has 0 spiro atoms. The molecule has 20 heavy (non-hydrogen) atoms. The second-order valence-electron chi connectivity index (χ2n) is 4.77. The van der Waals surface area contributed by atoms with Crippen LogP contribution in [0.1, 0.15) is 20.8 Å². The minimum Gasteiger partial charge on any atom is -0.443 e. The van der Waals surface area contributed by atoms with Gasteiger partial charge in [-0.2, -0.15) is 4.39 Å². The minimum absolute atomic E-state index is 0.0491. The zero-order valence-electron chi connectivity index (χ0n) is 11.0. The number of nitro groups is 1. The number of benzene rings is 1. The number of anilines is 1. The van der Waals surface area contributed by atoms with Crippen molar-refractivity contribution in [1.82, 2.24) is 5.43 Å². The molecular formula is C11H13BrFN3O4. The van der Waals surface area contributed by atoms with Crippen molar-refractivity contribution in [2.45, 2.75) is 26.4 Å². The van der Waals surface area contributed by atoms with Crippen LogP contribution in [-0.2, 0) is 4.74 Å². The van der Waals surface area contributed by atoms with Crippen molar-refractivity contribution in [2.75, 3.05) is 5.43 Å². The van der Waals surface area contributed by atoms with Gasteiger partial charge in [-0.1, -0.05) is 0 Å². The molecule has 0 aliphatic heterocycles. The number of carbonyl (C=O) groups excluding carboxylic acids is 1. The maximum Gasteiger partial charge on any atom is 0.426 e. The Morgan fingerprint density at radius 2 is 2.05 bits per heavy atom. The van der Waals surface area contributed by atoms with Crippen molar-refractivity contribution < 1.29 is 18.8 Å². The summed E-state index contributed by atoms with van der Waals surface area (Å²) >= 11 is 2.85. The number of nitrogens with zero attached hydrogens (tertiary/aromatic N) is 1. The molecule has 0 bridgehead atoms. The van der Waals surface area contributed by atoms with Crippen LogP contribution < -0.4 is 10.9 Å². The summed E-state index contributed by atoms with van der Waals surface area (Å²) in [6.07, 6.45) is -0.838. The maximum absolute atomic E-state index is 13.6. The van der Waals surface area contributed by atoms with E-state index in [1.54, 1.807) is 20.8 Å². The molecule has 0 unspecified atom stereocenters. The van der Waals surface area contributed by atoms with E-state index in [0.29, 0.717) is 0 Å². The molecule has 0 radical (unpaired) electrons. The second kappa shape index (κ2) is 6.04. The second-order valence-corrected chi connectivity index (χ2v) is 5.62. The van der Waals surface area contributed by atoms with Crippen LogP contribution in [0, 0.1) is 15.9 Å². The van der Waals surface area contributed by atoms with Crippen molar-refractivity contribution >= 4 is 33.4 Å². The molecule has 0 aromatic heterocycles. The molecule has 0 aliphatic rings. The fourth-order valence-corrected chi connectivity index (χ4v) is 1.56. The predicted octanol–water partition coefficient (Wildman–Crippen LogP) is 3.35. The number of nitrogens with one attached hydrogen (secondary N) is 2. The smallest absolute Gasteiger partial charge is 0.426 e. The van der Waals surface area contributed by atoms with Crippen LogP contribution in [0.25, 0.3) is 0 Å². The first-order chi connectivity index (χ1) is 9.11. The van der Waals surface area contributed by atoms with Crippen LogP contribution in [-0.4, -0.2) is 16.6 Å². The first kappa shape index (κ1) is 16.2. The molecule has 0 saturated carbocycles. The van der Waals surface area contributed by atoms with Crippen molar-refractivity contribution in [3.8, 4) is 0 Å². The summed E-state index contributed by atoms with van der Waals surface area (Å²) in [4.78, 5) is 21.3. The van der Waals surface area contributed by atoms with Gasteiger partial charge in [-0.05, 0) is 48.8 Å². The van der Waals surface area contributed by atoms with Crippen LogP contribution in [0.15, 0.2) is 16.6 Å². The van der Waals surface area contributed by atoms with E-state index in [0.717, 1.165) is 0 Å². The van der Waals surface area contributed by atoms with Crippen LogP contribution in [0.2, 0.25) is 0 Å². The SMILES string of the molecule is CC(C)(C)OC(=O)NNc1ccc(Br)c(F)c1[N+](=O)[O-]. The molecule has 2 N–H and O–H groups in total. The van der Waals surface area contributed by atoms with Crippen LogP contribution in [0.3, 0.4) is 0 Å². The van der Waals surface area contributed by atoms with E-state index in [-0.39, 0.29) is 10.2 Å². The molecule has 0 saturated heterocycles. The number of hydrogen-bond acceptors (Lipinski definition) is 5. The highest BCUT2D eigenvalue weighted by molar-refractivity contribution is 9.10. The van der Waals surface area contributed by atoms with E-state index in [4.69, 9.17) is 4.74 Å². The van der Waals surface area contributed by atoms with E-state index in [1.807, 2.05) is 0 Å². The summed E-state index contributed by atoms with van der Waals surface area (Å²) in [7, 11) is 0. The molecule has 0 heterocycles. The van der Waals surface area contributed by atoms with Gasteiger partial charge in [-0.25, -0.2) is 10.2 Å². The molecule has 1 rings (SSSR count). The zero-order chi connectivity index (χ0) is 15.5. The van der Waals surface area contributed by atoms with Crippen LogP contribution in [0.5, 0.6) is 0 Å². The number of nitro benzene ring substituents is 1. The standard InChI is InChI=1S/C11H13BrFN3O4/c1-11(2,3)20-10(17)15-14-7-5-4-6(12)8(13)9(7)16(18)19/h4-5,14H,1-3H3,(H,15,17). The summed E-state index contributed by atoms with van der Waals surface area (Å²) in [5.41, 5.74) is 2.66. The highest BCUT2D eigenvalue weighted by Crippen LogP contribution is 2.32. The van der Waals surface area contributed by atoms with Gasteiger partial charge >= 0.3 is 11.8 Å². The van der Waals surface area contributed by atoms with Gasteiger partial charge in [0.05, 0.1) is 9.40 Å². The van der Waals surface area contributed by atoms with Gasteiger partial charge < -0.3 is 4.74 Å². The number of carbonyl (C=O) groups is 1. The molecule has 7 nitrogen and oxygen atoms in total. The summed E-state index contributed by atoms with van der Waals surface area (Å²) in [5, 5.41) is 10.8. The molecule has 0 aliphatic carbocycles. The number of ether oxygens (including phenoxy) is 1. The fraction of sp³-hybridized carbons (Fsp3) is 0.364. The minimum atomic E-state index is -1.04. The fourth-order valence-electron chi connectivity index (χ4n) is 1.24. The molecular weight excluding hydrogens is 337 g/mol. The van der Waals surface area contributed by atoms with E-state index in [2.05, 4.69) is 26.8 Å². The number of rotatable bonds is 3. The van der Waals surface area contributed by atoms with E-state index in [1.165, 1.54) is 12.1 Å². The quantitative estimate of drug-likeness (QED) is 0.644. The topological polar surface area (TPSA) is 93.5 Å². The van der Waals surface area contributed by atoms with E-state index < -0.39 is 28.1 Å². The summed E-state index contributed by atoms with van der Waals surface area (Å²) in [6, 6.07) is 2.53. The van der Waals surface area contributed by atoms with Crippen molar-refractivity contribution in [1.29, 1.82) is 0 Å². The van der Waals surface area contributed by atoms with Gasteiger partial charge in [-0.15, -0.1) is 0 Å². The molecule has 1 aromatic carbocycles. The lowest BCUT2D eigenvalue weighted by molar-refractivity contribution is -0.386. The Hall–Kier alpha value is -1.90. The van der Waals surface area contributed by atoms with Gasteiger partial charge in [0.25, 0.3) is 0 Å². The van der Waals surface area contributed by atoms with Gasteiger partial charge in [0, 0.05) is 0 Å². The van der Waals surface area contributed by atoms with Gasteiger partial charge in [0.15, 0.2) is 0 Å². The Bertz CT molecular complexity index is 545. The monoisotopic (exact) mass is 349 g/mol. The Morgan fingerprint density at radius 1 is 1.45 bits per heavy atom. The van der Waals surface area contributed by atoms with Crippen molar-refractivity contribution in [2.24, 2.45) is 0 Å². The largest absolute Gasteiger partial charge is 0.443 e. The lowest BCUT2D eigenvalue weighted by Gasteiger charge is -2.20. The first-order valence-corrected chi connectivity index (χ1v) is 6.28. The number of halogens is 2. The Balaban J connectivity index is 2.86. The highest BCUT2D eigenvalue weighted by atomic mass is 79.9. The Morgan fingerprint density at radius 3 is 2.55 bits per heavy atom. The maximum atomic E-state index is 13.6. The number of hydrazine groups is 1. The Labute approximate surface area is 122 Å². The molecule has 0 fully saturated rings. The van der Waals surface area contributed by atoms with Crippen molar-refractivity contribution in [3.63, 3.8) is 0 Å². The lowest BCUT2D eigenvalue weighted by atomic mass is 10.2. The van der Waals surface area contributed by atoms with Gasteiger partial charge in [-0.3, -0.25) is 15.5 Å². The van der Waals surface area contributed by atoms with Gasteiger partial charge in [0.1, 0.15) is 11.3 Å². The predicted molar refractivity (Wildman–Crippen MR) is 73.7 cm³/mol. The van der Waals surface area contributed by atoms with E-state index in [9.17, 15) is 19.3 Å². The van der Waals surface area contributed by atoms with Crippen LogP contribution >= 0.6 is 15.9 Å². The number of amides is 1.